The minimum atomic E-state index is -0.274. The quantitative estimate of drug-likeness (QED) is 0.874. The van der Waals surface area contributed by atoms with E-state index in [1.165, 1.54) is 12.1 Å². The summed E-state index contributed by atoms with van der Waals surface area (Å²) >= 11 is 0. The number of amides is 1. The van der Waals surface area contributed by atoms with Gasteiger partial charge < -0.3 is 10.2 Å². The van der Waals surface area contributed by atoms with Crippen LogP contribution in [0.2, 0.25) is 0 Å². The number of benzene rings is 1. The third-order valence-corrected chi connectivity index (χ3v) is 3.03. The third kappa shape index (κ3) is 2.76. The summed E-state index contributed by atoms with van der Waals surface area (Å²) in [6, 6.07) is 4.74. The summed E-state index contributed by atoms with van der Waals surface area (Å²) < 4.78 is 13.1. The molecule has 1 amide bonds. The number of aryl methyl sites for hydroxylation is 1. The van der Waals surface area contributed by atoms with Crippen LogP contribution in [0.1, 0.15) is 15.9 Å². The molecule has 0 saturated carbocycles. The second-order valence-electron chi connectivity index (χ2n) is 4.19. The highest BCUT2D eigenvalue weighted by atomic mass is 35.5. The van der Waals surface area contributed by atoms with Gasteiger partial charge in [-0.25, -0.2) is 4.39 Å². The molecule has 3 nitrogen and oxygen atoms in total. The lowest BCUT2D eigenvalue weighted by Crippen LogP contribution is -2.57. The van der Waals surface area contributed by atoms with E-state index >= 15 is 0 Å². The van der Waals surface area contributed by atoms with Gasteiger partial charge in [-0.05, 0) is 30.7 Å². The first-order chi connectivity index (χ1) is 7.59. The Morgan fingerprint density at radius 2 is 2.12 bits per heavy atom. The maximum Gasteiger partial charge on any atom is 0.253 e. The highest BCUT2D eigenvalue weighted by Gasteiger charge is 2.26. The zero-order valence-electron chi connectivity index (χ0n) is 9.87. The lowest BCUT2D eigenvalue weighted by molar-refractivity contribution is 0.0681. The van der Waals surface area contributed by atoms with Crippen molar-refractivity contribution in [2.24, 2.45) is 0 Å². The molecule has 2 rings (SSSR count). The Labute approximate surface area is 106 Å². The molecule has 1 aliphatic rings. The average Bonchev–Trinajstić information content (AvgIpc) is 2.18. The number of nitrogens with zero attached hydrogens (tertiary/aromatic N) is 1. The minimum Gasteiger partial charge on any atom is -0.336 e. The van der Waals surface area contributed by atoms with Gasteiger partial charge in [0, 0.05) is 25.7 Å². The van der Waals surface area contributed by atoms with Crippen LogP contribution in [0.15, 0.2) is 18.2 Å². The number of carbonyl (C=O) groups is 1. The van der Waals surface area contributed by atoms with E-state index < -0.39 is 0 Å². The number of rotatable bonds is 2. The first kappa shape index (κ1) is 13.9. The van der Waals surface area contributed by atoms with Crippen LogP contribution in [0.3, 0.4) is 0 Å². The summed E-state index contributed by atoms with van der Waals surface area (Å²) in [6.07, 6.45) is 0. The molecular weight excluding hydrogens is 243 g/mol. The van der Waals surface area contributed by atoms with E-state index in [1.54, 1.807) is 24.9 Å². The first-order valence-corrected chi connectivity index (χ1v) is 5.33. The zero-order valence-corrected chi connectivity index (χ0v) is 10.7. The fraction of sp³-hybridized carbons (Fsp3) is 0.417. The van der Waals surface area contributed by atoms with Crippen LogP contribution in [0, 0.1) is 12.7 Å². The Hall–Kier alpha value is -1.13. The number of hydrogen-bond donors (Lipinski definition) is 1. The Morgan fingerprint density at radius 1 is 1.47 bits per heavy atom. The smallest absolute Gasteiger partial charge is 0.253 e. The molecule has 1 aromatic rings. The van der Waals surface area contributed by atoms with Gasteiger partial charge in [-0.15, -0.1) is 12.4 Å². The summed E-state index contributed by atoms with van der Waals surface area (Å²) in [5.74, 6) is -0.320. The summed E-state index contributed by atoms with van der Waals surface area (Å²) in [4.78, 5) is 13.7. The van der Waals surface area contributed by atoms with Gasteiger partial charge in [0.25, 0.3) is 5.91 Å². The van der Waals surface area contributed by atoms with Crippen molar-refractivity contribution in [3.05, 3.63) is 35.1 Å². The van der Waals surface area contributed by atoms with Crippen molar-refractivity contribution >= 4 is 18.3 Å². The topological polar surface area (TPSA) is 32.3 Å². The van der Waals surface area contributed by atoms with Crippen LogP contribution in [-0.2, 0) is 0 Å². The molecule has 0 bridgehead atoms. The second kappa shape index (κ2) is 5.47. The zero-order chi connectivity index (χ0) is 11.7. The number of nitrogens with one attached hydrogen (secondary N) is 1. The monoisotopic (exact) mass is 258 g/mol. The molecule has 1 N–H and O–H groups in total. The SMILES string of the molecule is Cc1cc(C(=O)N(C)C2CNC2)ccc1F.Cl. The molecule has 1 saturated heterocycles. The van der Waals surface area contributed by atoms with Gasteiger partial charge in [-0.2, -0.15) is 0 Å². The van der Waals surface area contributed by atoms with Crippen LogP contribution >= 0.6 is 12.4 Å². The predicted molar refractivity (Wildman–Crippen MR) is 67.1 cm³/mol. The second-order valence-corrected chi connectivity index (χ2v) is 4.19. The van der Waals surface area contributed by atoms with Crippen LogP contribution in [0.5, 0.6) is 0 Å². The molecule has 1 heterocycles. The maximum absolute atomic E-state index is 13.1. The van der Waals surface area contributed by atoms with Crippen molar-refractivity contribution in [3.63, 3.8) is 0 Å². The standard InChI is InChI=1S/C12H15FN2O.ClH/c1-8-5-9(3-4-11(8)13)12(16)15(2)10-6-14-7-10;/h3-5,10,14H,6-7H2,1-2H3;1H. The molecule has 94 valence electrons. The molecule has 1 fully saturated rings. The first-order valence-electron chi connectivity index (χ1n) is 5.33. The van der Waals surface area contributed by atoms with Gasteiger partial charge in [0.15, 0.2) is 0 Å². The fourth-order valence-corrected chi connectivity index (χ4v) is 1.69. The van der Waals surface area contributed by atoms with Gasteiger partial charge in [-0.1, -0.05) is 0 Å². The molecule has 0 radical (unpaired) electrons. The van der Waals surface area contributed by atoms with Crippen LogP contribution in [-0.4, -0.2) is 37.0 Å². The van der Waals surface area contributed by atoms with Gasteiger partial charge in [0.2, 0.25) is 0 Å². The van der Waals surface area contributed by atoms with Crippen molar-refractivity contribution in [2.45, 2.75) is 13.0 Å². The highest BCUT2D eigenvalue weighted by molar-refractivity contribution is 5.94. The largest absolute Gasteiger partial charge is 0.336 e. The molecule has 0 spiro atoms. The van der Waals surface area contributed by atoms with Crippen molar-refractivity contribution in [1.29, 1.82) is 0 Å². The summed E-state index contributed by atoms with van der Waals surface area (Å²) in [7, 11) is 1.78. The lowest BCUT2D eigenvalue weighted by Gasteiger charge is -2.35. The average molecular weight is 259 g/mol. The minimum absolute atomic E-state index is 0. The Balaban J connectivity index is 0.00000144. The van der Waals surface area contributed by atoms with Gasteiger partial charge in [0.05, 0.1) is 6.04 Å². The fourth-order valence-electron chi connectivity index (χ4n) is 1.69. The number of likely N-dealkylation sites (N-methyl/N-ethyl adjacent to an activating group) is 1. The molecule has 0 aromatic heterocycles. The Kier molecular flexibility index (Phi) is 4.48. The molecule has 0 atom stereocenters. The van der Waals surface area contributed by atoms with E-state index in [1.807, 2.05) is 0 Å². The molecular formula is C12H16ClFN2O. The third-order valence-electron chi connectivity index (χ3n) is 3.03. The lowest BCUT2D eigenvalue weighted by atomic mass is 10.1. The molecule has 1 aromatic carbocycles. The normalized spacial score (nSPS) is 14.8. The van der Waals surface area contributed by atoms with E-state index in [0.717, 1.165) is 13.1 Å². The van der Waals surface area contributed by atoms with Crippen molar-refractivity contribution in [2.75, 3.05) is 20.1 Å². The van der Waals surface area contributed by atoms with Gasteiger partial charge in [-0.3, -0.25) is 4.79 Å². The molecule has 0 unspecified atom stereocenters. The van der Waals surface area contributed by atoms with Crippen molar-refractivity contribution in [3.8, 4) is 0 Å². The van der Waals surface area contributed by atoms with E-state index in [0.29, 0.717) is 11.1 Å². The maximum atomic E-state index is 13.1. The predicted octanol–water partition coefficient (Wildman–Crippen LogP) is 1.60. The van der Waals surface area contributed by atoms with Crippen LogP contribution in [0.4, 0.5) is 4.39 Å². The molecule has 0 aliphatic carbocycles. The number of hydrogen-bond acceptors (Lipinski definition) is 2. The van der Waals surface area contributed by atoms with E-state index in [-0.39, 0.29) is 30.2 Å². The molecule has 1 aliphatic heterocycles. The van der Waals surface area contributed by atoms with Crippen molar-refractivity contribution < 1.29 is 9.18 Å². The highest BCUT2D eigenvalue weighted by Crippen LogP contribution is 2.13. The summed E-state index contributed by atoms with van der Waals surface area (Å²) in [5.41, 5.74) is 1.05. The van der Waals surface area contributed by atoms with Gasteiger partial charge in [0.1, 0.15) is 5.82 Å². The van der Waals surface area contributed by atoms with E-state index in [4.69, 9.17) is 0 Å². The van der Waals surface area contributed by atoms with Crippen LogP contribution in [0.25, 0.3) is 0 Å². The Morgan fingerprint density at radius 3 is 2.59 bits per heavy atom. The van der Waals surface area contributed by atoms with E-state index in [2.05, 4.69) is 5.32 Å². The number of halogens is 2. The Bertz CT molecular complexity index is 421. The van der Waals surface area contributed by atoms with E-state index in [9.17, 15) is 9.18 Å². The molecule has 17 heavy (non-hydrogen) atoms. The van der Waals surface area contributed by atoms with Crippen LogP contribution < -0.4 is 5.32 Å². The van der Waals surface area contributed by atoms with Gasteiger partial charge >= 0.3 is 0 Å². The van der Waals surface area contributed by atoms with Crippen molar-refractivity contribution in [1.82, 2.24) is 10.2 Å². The summed E-state index contributed by atoms with van der Waals surface area (Å²) in [5, 5.41) is 3.12. The number of carbonyl (C=O) groups excluding carboxylic acids is 1. The summed E-state index contributed by atoms with van der Waals surface area (Å²) in [6.45, 7) is 3.34. The molecule has 5 heteroatoms.